The Morgan fingerprint density at radius 1 is 1.19 bits per heavy atom. The van der Waals surface area contributed by atoms with Crippen LogP contribution < -0.4 is 5.32 Å². The van der Waals surface area contributed by atoms with Crippen LogP contribution in [0.5, 0.6) is 0 Å². The quantitative estimate of drug-likeness (QED) is 0.864. The van der Waals surface area contributed by atoms with E-state index in [0.29, 0.717) is 0 Å². The number of amides is 1. The molecule has 1 atom stereocenters. The SMILES string of the molecule is C.COC(=O)C[C@@H](NC(=O)OC(C)(C)C)c1ccccc1. The summed E-state index contributed by atoms with van der Waals surface area (Å²) in [6.45, 7) is 5.35. The zero-order chi connectivity index (χ0) is 15.2. The predicted molar refractivity (Wildman–Crippen MR) is 81.9 cm³/mol. The van der Waals surface area contributed by atoms with Gasteiger partial charge in [-0.05, 0) is 26.3 Å². The van der Waals surface area contributed by atoms with E-state index in [9.17, 15) is 9.59 Å². The second-order valence-corrected chi connectivity index (χ2v) is 5.39. The summed E-state index contributed by atoms with van der Waals surface area (Å²) in [7, 11) is 1.32. The number of carbonyl (C=O) groups is 2. The van der Waals surface area contributed by atoms with Crippen LogP contribution in [0.25, 0.3) is 0 Å². The number of nitrogens with one attached hydrogen (secondary N) is 1. The molecule has 0 bridgehead atoms. The van der Waals surface area contributed by atoms with Crippen LogP contribution in [-0.4, -0.2) is 24.8 Å². The molecule has 1 rings (SSSR count). The molecule has 1 aromatic carbocycles. The third kappa shape index (κ3) is 7.34. The van der Waals surface area contributed by atoms with Crippen molar-refractivity contribution in [1.29, 1.82) is 0 Å². The van der Waals surface area contributed by atoms with Crippen molar-refractivity contribution >= 4 is 12.1 Å². The number of ether oxygens (including phenoxy) is 2. The van der Waals surface area contributed by atoms with Crippen molar-refractivity contribution in [3.63, 3.8) is 0 Å². The normalized spacial score (nSPS) is 11.8. The first-order valence-corrected chi connectivity index (χ1v) is 6.43. The smallest absolute Gasteiger partial charge is 0.408 e. The molecule has 21 heavy (non-hydrogen) atoms. The first kappa shape index (κ1) is 19.0. The number of hydrogen-bond acceptors (Lipinski definition) is 4. The number of carbonyl (C=O) groups excluding carboxylic acids is 2. The number of benzene rings is 1. The zero-order valence-electron chi connectivity index (χ0n) is 12.3. The third-order valence-electron chi connectivity index (χ3n) is 2.49. The van der Waals surface area contributed by atoms with E-state index in [4.69, 9.17) is 4.74 Å². The van der Waals surface area contributed by atoms with Crippen molar-refractivity contribution in [2.24, 2.45) is 0 Å². The van der Waals surface area contributed by atoms with Crippen LogP contribution in [0.1, 0.15) is 46.2 Å². The summed E-state index contributed by atoms with van der Waals surface area (Å²) in [5, 5.41) is 2.69. The lowest BCUT2D eigenvalue weighted by atomic mass is 10.0. The van der Waals surface area contributed by atoms with Gasteiger partial charge in [-0.2, -0.15) is 0 Å². The summed E-state index contributed by atoms with van der Waals surface area (Å²) in [6.07, 6.45) is -0.505. The molecule has 1 aromatic rings. The zero-order valence-corrected chi connectivity index (χ0v) is 12.3. The van der Waals surface area contributed by atoms with Crippen molar-refractivity contribution in [1.82, 2.24) is 5.32 Å². The molecule has 1 amide bonds. The van der Waals surface area contributed by atoms with Crippen molar-refractivity contribution < 1.29 is 19.1 Å². The summed E-state index contributed by atoms with van der Waals surface area (Å²) in [5.41, 5.74) is 0.236. The van der Waals surface area contributed by atoms with Gasteiger partial charge in [-0.15, -0.1) is 0 Å². The fourth-order valence-corrected chi connectivity index (χ4v) is 1.64. The van der Waals surface area contributed by atoms with Gasteiger partial charge in [-0.3, -0.25) is 4.79 Å². The van der Waals surface area contributed by atoms with Gasteiger partial charge in [0.2, 0.25) is 0 Å². The predicted octanol–water partition coefficient (Wildman–Crippen LogP) is 3.45. The van der Waals surface area contributed by atoms with Crippen molar-refractivity contribution in [2.45, 2.75) is 46.3 Å². The van der Waals surface area contributed by atoms with Gasteiger partial charge in [-0.25, -0.2) is 4.79 Å². The van der Waals surface area contributed by atoms with Gasteiger partial charge < -0.3 is 14.8 Å². The van der Waals surface area contributed by atoms with Crippen molar-refractivity contribution in [2.75, 3.05) is 7.11 Å². The van der Waals surface area contributed by atoms with Gasteiger partial charge in [0, 0.05) is 0 Å². The highest BCUT2D eigenvalue weighted by molar-refractivity contribution is 5.73. The standard InChI is InChI=1S/C15H21NO4.CH4/c1-15(2,3)20-14(18)16-12(10-13(17)19-4)11-8-6-5-7-9-11;/h5-9,12H,10H2,1-4H3,(H,16,18);1H4/t12-;/m1./s1. The highest BCUT2D eigenvalue weighted by Gasteiger charge is 2.22. The van der Waals surface area contributed by atoms with E-state index in [1.807, 2.05) is 30.3 Å². The maximum absolute atomic E-state index is 11.8. The minimum absolute atomic E-state index is 0. The summed E-state index contributed by atoms with van der Waals surface area (Å²) in [5.74, 6) is -0.394. The molecule has 0 heterocycles. The number of alkyl carbamates (subject to hydrolysis) is 1. The van der Waals surface area contributed by atoms with Crippen LogP contribution in [0.3, 0.4) is 0 Å². The Morgan fingerprint density at radius 3 is 2.24 bits per heavy atom. The Hall–Kier alpha value is -2.04. The van der Waals surface area contributed by atoms with Crippen molar-refractivity contribution in [3.8, 4) is 0 Å². The lowest BCUT2D eigenvalue weighted by molar-refractivity contribution is -0.141. The van der Waals surface area contributed by atoms with Crippen LogP contribution >= 0.6 is 0 Å². The maximum atomic E-state index is 11.8. The van der Waals surface area contributed by atoms with Crippen LogP contribution in [0.2, 0.25) is 0 Å². The van der Waals surface area contributed by atoms with Crippen LogP contribution in [0.15, 0.2) is 30.3 Å². The summed E-state index contributed by atoms with van der Waals surface area (Å²) < 4.78 is 9.86. The minimum atomic E-state index is -0.587. The molecule has 118 valence electrons. The Balaban J connectivity index is 0.00000400. The molecule has 5 heteroatoms. The summed E-state index contributed by atoms with van der Waals surface area (Å²) in [6, 6.07) is 8.76. The van der Waals surface area contributed by atoms with Gasteiger partial charge in [-0.1, -0.05) is 37.8 Å². The summed E-state index contributed by atoms with van der Waals surface area (Å²) in [4.78, 5) is 23.3. The molecule has 0 saturated heterocycles. The Labute approximate surface area is 126 Å². The lowest BCUT2D eigenvalue weighted by Gasteiger charge is -2.23. The molecule has 5 nitrogen and oxygen atoms in total. The van der Waals surface area contributed by atoms with Crippen LogP contribution in [0.4, 0.5) is 4.79 Å². The highest BCUT2D eigenvalue weighted by Crippen LogP contribution is 2.18. The Morgan fingerprint density at radius 2 is 1.76 bits per heavy atom. The van der Waals surface area contributed by atoms with Crippen LogP contribution in [-0.2, 0) is 14.3 Å². The minimum Gasteiger partial charge on any atom is -0.469 e. The molecular weight excluding hydrogens is 270 g/mol. The monoisotopic (exact) mass is 295 g/mol. The maximum Gasteiger partial charge on any atom is 0.408 e. The Bertz CT molecular complexity index is 451. The van der Waals surface area contributed by atoms with E-state index in [0.717, 1.165) is 5.56 Å². The van der Waals surface area contributed by atoms with E-state index in [-0.39, 0.29) is 13.8 Å². The van der Waals surface area contributed by atoms with Gasteiger partial charge >= 0.3 is 12.1 Å². The van der Waals surface area contributed by atoms with Crippen molar-refractivity contribution in [3.05, 3.63) is 35.9 Å². The topological polar surface area (TPSA) is 64.6 Å². The molecule has 0 fully saturated rings. The second-order valence-electron chi connectivity index (χ2n) is 5.39. The molecular formula is C16H25NO4. The van der Waals surface area contributed by atoms with E-state index >= 15 is 0 Å². The number of methoxy groups -OCH3 is 1. The summed E-state index contributed by atoms with van der Waals surface area (Å²) >= 11 is 0. The molecule has 0 aliphatic heterocycles. The van der Waals surface area contributed by atoms with Gasteiger partial charge in [0.15, 0.2) is 0 Å². The first-order chi connectivity index (χ1) is 9.31. The molecule has 1 N–H and O–H groups in total. The Kier molecular flexibility index (Phi) is 7.49. The van der Waals surface area contributed by atoms with E-state index in [1.54, 1.807) is 20.8 Å². The molecule has 0 unspecified atom stereocenters. The molecule has 0 radical (unpaired) electrons. The number of hydrogen-bond donors (Lipinski definition) is 1. The van der Waals surface area contributed by atoms with Gasteiger partial charge in [0.25, 0.3) is 0 Å². The number of rotatable bonds is 4. The van der Waals surface area contributed by atoms with E-state index < -0.39 is 23.7 Å². The second kappa shape index (κ2) is 8.29. The van der Waals surface area contributed by atoms with Gasteiger partial charge in [0.1, 0.15) is 5.60 Å². The fourth-order valence-electron chi connectivity index (χ4n) is 1.64. The molecule has 0 spiro atoms. The van der Waals surface area contributed by atoms with E-state index in [1.165, 1.54) is 7.11 Å². The number of esters is 1. The average molecular weight is 295 g/mol. The largest absolute Gasteiger partial charge is 0.469 e. The fraction of sp³-hybridized carbons (Fsp3) is 0.500. The van der Waals surface area contributed by atoms with Gasteiger partial charge in [0.05, 0.1) is 19.6 Å². The molecule has 0 saturated carbocycles. The molecule has 0 aliphatic carbocycles. The third-order valence-corrected chi connectivity index (χ3v) is 2.49. The average Bonchev–Trinajstić information content (AvgIpc) is 2.36. The van der Waals surface area contributed by atoms with E-state index in [2.05, 4.69) is 10.1 Å². The lowest BCUT2D eigenvalue weighted by Crippen LogP contribution is -2.35. The molecule has 0 aromatic heterocycles. The van der Waals surface area contributed by atoms with Crippen LogP contribution in [0, 0.1) is 0 Å². The highest BCUT2D eigenvalue weighted by atomic mass is 16.6. The first-order valence-electron chi connectivity index (χ1n) is 6.43. The molecule has 0 aliphatic rings.